The third-order valence-electron chi connectivity index (χ3n) is 5.55. The van der Waals surface area contributed by atoms with Crippen LogP contribution < -0.4 is 19.5 Å². The number of likely N-dealkylation sites (tertiary alicyclic amines) is 1. The van der Waals surface area contributed by atoms with E-state index in [4.69, 9.17) is 14.2 Å². The summed E-state index contributed by atoms with van der Waals surface area (Å²) in [5, 5.41) is 3.50. The molecule has 1 N–H and O–H groups in total. The van der Waals surface area contributed by atoms with Crippen LogP contribution in [0.25, 0.3) is 0 Å². The number of rotatable bonds is 4. The van der Waals surface area contributed by atoms with Crippen LogP contribution in [0.3, 0.4) is 0 Å². The third-order valence-corrected chi connectivity index (χ3v) is 5.55. The number of methoxy groups -OCH3 is 1. The highest BCUT2D eigenvalue weighted by atomic mass is 127. The van der Waals surface area contributed by atoms with Gasteiger partial charge >= 0.3 is 0 Å². The van der Waals surface area contributed by atoms with E-state index in [-0.39, 0.29) is 24.0 Å². The summed E-state index contributed by atoms with van der Waals surface area (Å²) < 4.78 is 16.8. The summed E-state index contributed by atoms with van der Waals surface area (Å²) in [4.78, 5) is 6.83. The molecule has 0 spiro atoms. The molecule has 30 heavy (non-hydrogen) atoms. The monoisotopic (exact) mass is 523 g/mol. The van der Waals surface area contributed by atoms with Crippen LogP contribution in [-0.2, 0) is 6.54 Å². The van der Waals surface area contributed by atoms with E-state index in [2.05, 4.69) is 39.5 Å². The van der Waals surface area contributed by atoms with Gasteiger partial charge in [0.05, 0.1) is 20.3 Å². The zero-order chi connectivity index (χ0) is 20.1. The Morgan fingerprint density at radius 1 is 1.13 bits per heavy atom. The minimum atomic E-state index is 0. The number of guanidine groups is 1. The van der Waals surface area contributed by atoms with Crippen molar-refractivity contribution in [3.8, 4) is 17.2 Å². The molecule has 1 fully saturated rings. The lowest BCUT2D eigenvalue weighted by atomic mass is 9.98. The van der Waals surface area contributed by atoms with Crippen LogP contribution in [0.5, 0.6) is 17.2 Å². The topological polar surface area (TPSA) is 55.3 Å². The molecule has 7 heteroatoms. The molecule has 2 aliphatic rings. The molecule has 2 aromatic rings. The molecule has 2 aromatic carbocycles. The molecule has 0 saturated carbocycles. The number of fused-ring (bicyclic) bond motifs is 1. The van der Waals surface area contributed by atoms with Crippen molar-refractivity contribution in [2.24, 2.45) is 4.99 Å². The number of ether oxygens (including phenoxy) is 3. The van der Waals surface area contributed by atoms with Gasteiger partial charge in [-0.2, -0.15) is 0 Å². The minimum Gasteiger partial charge on any atom is -0.497 e. The van der Waals surface area contributed by atoms with Gasteiger partial charge in [-0.1, -0.05) is 18.2 Å². The quantitative estimate of drug-likeness (QED) is 0.373. The zero-order valence-corrected chi connectivity index (χ0v) is 19.9. The smallest absolute Gasteiger partial charge is 0.193 e. The van der Waals surface area contributed by atoms with Gasteiger partial charge in [-0.05, 0) is 41.8 Å². The first kappa shape index (κ1) is 22.5. The number of nitrogens with zero attached hydrogens (tertiary/aromatic N) is 2. The fourth-order valence-electron chi connectivity index (χ4n) is 3.93. The van der Waals surface area contributed by atoms with Crippen LogP contribution in [0, 0.1) is 0 Å². The van der Waals surface area contributed by atoms with Gasteiger partial charge < -0.3 is 24.4 Å². The van der Waals surface area contributed by atoms with E-state index in [9.17, 15) is 0 Å². The summed E-state index contributed by atoms with van der Waals surface area (Å²) in [6.07, 6.45) is 2.04. The van der Waals surface area contributed by atoms with Crippen molar-refractivity contribution in [2.45, 2.75) is 25.3 Å². The number of benzene rings is 2. The molecule has 1 atom stereocenters. The van der Waals surface area contributed by atoms with Gasteiger partial charge in [0, 0.05) is 39.0 Å². The van der Waals surface area contributed by atoms with Crippen LogP contribution in [0.4, 0.5) is 0 Å². The summed E-state index contributed by atoms with van der Waals surface area (Å²) in [6.45, 7) is 4.07. The number of hydrogen-bond acceptors (Lipinski definition) is 4. The average Bonchev–Trinajstić information content (AvgIpc) is 3.13. The Kier molecular flexibility index (Phi) is 8.07. The van der Waals surface area contributed by atoms with Crippen molar-refractivity contribution < 1.29 is 14.2 Å². The minimum absolute atomic E-state index is 0. The van der Waals surface area contributed by atoms with Crippen molar-refractivity contribution in [3.05, 3.63) is 53.6 Å². The standard InChI is InChI=1S/C23H29N3O3.HI/c1-24-23(25-15-17-4-9-21-22(14-17)29-13-3-12-28-21)26-11-10-19(16-26)18-5-7-20(27-2)8-6-18;/h4-9,14,19H,3,10-13,15-16H2,1-2H3,(H,24,25);1H. The fraction of sp³-hybridized carbons (Fsp3) is 0.435. The number of hydrogen-bond donors (Lipinski definition) is 1. The summed E-state index contributed by atoms with van der Waals surface area (Å²) in [5.74, 6) is 4.01. The van der Waals surface area contributed by atoms with Gasteiger partial charge in [-0.15, -0.1) is 24.0 Å². The number of halogens is 1. The van der Waals surface area contributed by atoms with Crippen LogP contribution in [0.15, 0.2) is 47.5 Å². The fourth-order valence-corrected chi connectivity index (χ4v) is 3.93. The second-order valence-electron chi connectivity index (χ2n) is 7.44. The summed E-state index contributed by atoms with van der Waals surface area (Å²) in [5.41, 5.74) is 2.51. The van der Waals surface area contributed by atoms with Gasteiger partial charge in [-0.25, -0.2) is 0 Å². The molecule has 1 saturated heterocycles. The van der Waals surface area contributed by atoms with E-state index >= 15 is 0 Å². The molecule has 0 radical (unpaired) electrons. The first-order chi connectivity index (χ1) is 14.3. The molecule has 0 aliphatic carbocycles. The van der Waals surface area contributed by atoms with Gasteiger partial charge in [0.15, 0.2) is 17.5 Å². The summed E-state index contributed by atoms with van der Waals surface area (Å²) >= 11 is 0. The molecular formula is C23H30IN3O3. The van der Waals surface area contributed by atoms with Crippen LogP contribution >= 0.6 is 24.0 Å². The predicted octanol–water partition coefficient (Wildman–Crippen LogP) is 4.04. The van der Waals surface area contributed by atoms with E-state index in [1.54, 1.807) is 7.11 Å². The molecule has 2 aliphatic heterocycles. The highest BCUT2D eigenvalue weighted by Crippen LogP contribution is 2.31. The van der Waals surface area contributed by atoms with E-state index < -0.39 is 0 Å². The van der Waals surface area contributed by atoms with Crippen LogP contribution in [0.1, 0.15) is 29.9 Å². The SMILES string of the molecule is CN=C(NCc1ccc2c(c1)OCCCO2)N1CCC(c2ccc(OC)cc2)C1.I. The molecular weight excluding hydrogens is 493 g/mol. The summed E-state index contributed by atoms with van der Waals surface area (Å²) in [6, 6.07) is 14.5. The van der Waals surface area contributed by atoms with Crippen molar-refractivity contribution >= 4 is 29.9 Å². The second kappa shape index (κ2) is 10.7. The normalized spacial score (nSPS) is 18.4. The number of aliphatic imine (C=N–C) groups is 1. The van der Waals surface area contributed by atoms with Crippen LogP contribution in [-0.4, -0.2) is 51.3 Å². The largest absolute Gasteiger partial charge is 0.497 e. The Hall–Kier alpha value is -2.16. The Morgan fingerprint density at radius 3 is 2.63 bits per heavy atom. The third kappa shape index (κ3) is 5.30. The Morgan fingerprint density at radius 2 is 1.90 bits per heavy atom. The Labute approximate surface area is 195 Å². The average molecular weight is 523 g/mol. The van der Waals surface area contributed by atoms with E-state index in [0.29, 0.717) is 25.7 Å². The molecule has 0 bridgehead atoms. The molecule has 2 heterocycles. The van der Waals surface area contributed by atoms with Gasteiger partial charge in [0.2, 0.25) is 0 Å². The lowest BCUT2D eigenvalue weighted by Gasteiger charge is -2.22. The maximum absolute atomic E-state index is 5.80. The highest BCUT2D eigenvalue weighted by molar-refractivity contribution is 14.0. The van der Waals surface area contributed by atoms with Gasteiger partial charge in [0.25, 0.3) is 0 Å². The van der Waals surface area contributed by atoms with Crippen LogP contribution in [0.2, 0.25) is 0 Å². The zero-order valence-electron chi connectivity index (χ0n) is 17.6. The van der Waals surface area contributed by atoms with Crippen molar-refractivity contribution in [3.63, 3.8) is 0 Å². The molecule has 6 nitrogen and oxygen atoms in total. The molecule has 0 amide bonds. The first-order valence-corrected chi connectivity index (χ1v) is 10.2. The Bertz CT molecular complexity index is 857. The van der Waals surface area contributed by atoms with E-state index in [0.717, 1.165) is 54.7 Å². The van der Waals surface area contributed by atoms with Crippen molar-refractivity contribution in [1.82, 2.24) is 10.2 Å². The van der Waals surface area contributed by atoms with Crippen molar-refractivity contribution in [2.75, 3.05) is 40.5 Å². The molecule has 162 valence electrons. The molecule has 1 unspecified atom stereocenters. The molecule has 4 rings (SSSR count). The Balaban J connectivity index is 0.00000256. The predicted molar refractivity (Wildman–Crippen MR) is 130 cm³/mol. The lowest BCUT2D eigenvalue weighted by molar-refractivity contribution is 0.297. The van der Waals surface area contributed by atoms with Gasteiger partial charge in [0.1, 0.15) is 5.75 Å². The lowest BCUT2D eigenvalue weighted by Crippen LogP contribution is -2.39. The van der Waals surface area contributed by atoms with E-state index in [1.165, 1.54) is 5.56 Å². The number of nitrogens with one attached hydrogen (secondary N) is 1. The van der Waals surface area contributed by atoms with Gasteiger partial charge in [-0.3, -0.25) is 4.99 Å². The maximum Gasteiger partial charge on any atom is 0.193 e. The highest BCUT2D eigenvalue weighted by Gasteiger charge is 2.26. The van der Waals surface area contributed by atoms with E-state index in [1.807, 2.05) is 25.2 Å². The molecule has 0 aromatic heterocycles. The maximum atomic E-state index is 5.80. The summed E-state index contributed by atoms with van der Waals surface area (Å²) in [7, 11) is 3.54. The first-order valence-electron chi connectivity index (χ1n) is 10.2. The second-order valence-corrected chi connectivity index (χ2v) is 7.44. The van der Waals surface area contributed by atoms with Crippen molar-refractivity contribution in [1.29, 1.82) is 0 Å².